The Morgan fingerprint density at radius 2 is 1.92 bits per heavy atom. The zero-order valence-electron chi connectivity index (χ0n) is 20.7. The number of benzene rings is 1. The summed E-state index contributed by atoms with van der Waals surface area (Å²) in [6.45, 7) is 6.02. The van der Waals surface area contributed by atoms with Crippen molar-refractivity contribution in [2.75, 3.05) is 30.2 Å². The van der Waals surface area contributed by atoms with Crippen LogP contribution in [0.4, 0.5) is 24.5 Å². The number of halogens is 4. The highest BCUT2D eigenvalue weighted by molar-refractivity contribution is 6.35. The van der Waals surface area contributed by atoms with E-state index in [1.165, 1.54) is 18.1 Å². The van der Waals surface area contributed by atoms with Crippen LogP contribution < -0.4 is 15.4 Å². The largest absolute Gasteiger partial charge is 0.493 e. The number of rotatable bonds is 3. The molecule has 0 spiro atoms. The second kappa shape index (κ2) is 9.58. The van der Waals surface area contributed by atoms with Gasteiger partial charge in [-0.25, -0.2) is 14.8 Å². The summed E-state index contributed by atoms with van der Waals surface area (Å²) >= 11 is 6.66. The van der Waals surface area contributed by atoms with Crippen molar-refractivity contribution >= 4 is 40.0 Å². The van der Waals surface area contributed by atoms with Crippen LogP contribution in [0.5, 0.6) is 0 Å². The minimum atomic E-state index is -5.18. The van der Waals surface area contributed by atoms with E-state index in [2.05, 4.69) is 38.9 Å². The Morgan fingerprint density at radius 1 is 1.21 bits per heavy atom. The number of hydrazine groups is 1. The maximum atomic E-state index is 12.8. The molecule has 1 fully saturated rings. The molecule has 0 saturated carbocycles. The van der Waals surface area contributed by atoms with Crippen molar-refractivity contribution in [3.8, 4) is 17.3 Å². The SMILES string of the molecule is C[C@@H]1CN(c2cnc3nc(-c4cc(C#N)c5c(c4)CN(C)N5OC(=O)C(F)(F)F)cc(Cl)c3c2)C[C@H](C)N1. The maximum absolute atomic E-state index is 12.8. The average Bonchev–Trinajstić information content (AvgIpc) is 3.16. The number of fused-ring (bicyclic) bond motifs is 2. The third-order valence-corrected chi connectivity index (χ3v) is 6.74. The van der Waals surface area contributed by atoms with Gasteiger partial charge < -0.3 is 15.1 Å². The number of alkyl halides is 3. The molecule has 198 valence electrons. The van der Waals surface area contributed by atoms with E-state index in [1.54, 1.807) is 18.3 Å². The fourth-order valence-corrected chi connectivity index (χ4v) is 5.16. The summed E-state index contributed by atoms with van der Waals surface area (Å²) in [5.41, 5.74) is 2.89. The number of nitriles is 1. The predicted octanol–water partition coefficient (Wildman–Crippen LogP) is 4.20. The number of hydrogen-bond acceptors (Lipinski definition) is 9. The third-order valence-electron chi connectivity index (χ3n) is 6.43. The van der Waals surface area contributed by atoms with Crippen molar-refractivity contribution in [3.05, 3.63) is 46.6 Å². The Hall–Kier alpha value is -3.66. The van der Waals surface area contributed by atoms with Crippen LogP contribution in [-0.4, -0.2) is 59.3 Å². The summed E-state index contributed by atoms with van der Waals surface area (Å²) in [5, 5.41) is 16.3. The van der Waals surface area contributed by atoms with Crippen LogP contribution in [0.2, 0.25) is 5.02 Å². The normalized spacial score (nSPS) is 19.9. The number of carbonyl (C=O) groups is 1. The van der Waals surface area contributed by atoms with Gasteiger partial charge >= 0.3 is 12.1 Å². The first-order valence-electron chi connectivity index (χ1n) is 11.8. The molecule has 2 aliphatic heterocycles. The van der Waals surface area contributed by atoms with E-state index in [-0.39, 0.29) is 17.8 Å². The van der Waals surface area contributed by atoms with E-state index in [0.717, 1.165) is 18.8 Å². The molecular formula is C25H23ClF3N7O2. The highest BCUT2D eigenvalue weighted by atomic mass is 35.5. The lowest BCUT2D eigenvalue weighted by Crippen LogP contribution is -2.54. The molecule has 38 heavy (non-hydrogen) atoms. The molecule has 9 nitrogen and oxygen atoms in total. The van der Waals surface area contributed by atoms with E-state index >= 15 is 0 Å². The van der Waals surface area contributed by atoms with Crippen molar-refractivity contribution in [2.24, 2.45) is 0 Å². The predicted molar refractivity (Wildman–Crippen MR) is 135 cm³/mol. The molecule has 0 radical (unpaired) electrons. The molecule has 2 aliphatic rings. The fourth-order valence-electron chi connectivity index (χ4n) is 4.92. The standard InChI is InChI=1S/C25H23ClF3N7O2/c1-13-10-35(11-14(2)32-13)18-6-19-20(26)7-21(33-23(19)31-9-18)15-4-16(8-30)22-17(5-15)12-34(3)36(22)38-24(37)25(27,28)29/h4-7,9,13-14,32H,10-12H2,1-3H3/t13-,14+. The molecule has 0 unspecified atom stereocenters. The number of carbonyl (C=O) groups excluding carboxylic acids is 1. The van der Waals surface area contributed by atoms with Crippen LogP contribution in [0.25, 0.3) is 22.3 Å². The highest BCUT2D eigenvalue weighted by Gasteiger charge is 2.45. The molecule has 2 atom stereocenters. The molecule has 13 heteroatoms. The smallest absolute Gasteiger partial charge is 0.367 e. The third kappa shape index (κ3) is 4.80. The van der Waals surface area contributed by atoms with Crippen molar-refractivity contribution in [3.63, 3.8) is 0 Å². The minimum absolute atomic E-state index is 0.0140. The van der Waals surface area contributed by atoms with Crippen molar-refractivity contribution in [2.45, 2.75) is 38.7 Å². The van der Waals surface area contributed by atoms with E-state index in [0.29, 0.717) is 50.1 Å². The molecule has 1 N–H and O–H groups in total. The molecule has 0 bridgehead atoms. The molecule has 1 saturated heterocycles. The van der Waals surface area contributed by atoms with Gasteiger partial charge in [-0.15, -0.1) is 5.17 Å². The number of nitrogens with one attached hydrogen (secondary N) is 1. The summed E-state index contributed by atoms with van der Waals surface area (Å²) < 4.78 is 38.4. The van der Waals surface area contributed by atoms with Gasteiger partial charge in [-0.2, -0.15) is 23.4 Å². The number of pyridine rings is 2. The number of hydrogen-bond donors (Lipinski definition) is 1. The van der Waals surface area contributed by atoms with Gasteiger partial charge in [-0.3, -0.25) is 0 Å². The van der Waals surface area contributed by atoms with Gasteiger partial charge in [0, 0.05) is 49.7 Å². The Kier molecular flexibility index (Phi) is 6.54. The van der Waals surface area contributed by atoms with Gasteiger partial charge in [0.1, 0.15) is 11.8 Å². The second-order valence-electron chi connectivity index (χ2n) is 9.54. The van der Waals surface area contributed by atoms with E-state index in [9.17, 15) is 23.2 Å². The number of nitrogens with zero attached hydrogens (tertiary/aromatic N) is 6. The second-order valence-corrected chi connectivity index (χ2v) is 9.94. The molecule has 0 amide bonds. The lowest BCUT2D eigenvalue weighted by molar-refractivity contribution is -0.206. The first-order chi connectivity index (χ1) is 17.9. The first-order valence-corrected chi connectivity index (χ1v) is 12.2. The first kappa shape index (κ1) is 26.0. The van der Waals surface area contributed by atoms with Crippen LogP contribution in [0, 0.1) is 11.3 Å². The van der Waals surface area contributed by atoms with Crippen LogP contribution in [0.1, 0.15) is 25.0 Å². The van der Waals surface area contributed by atoms with Crippen molar-refractivity contribution in [1.82, 2.24) is 20.3 Å². The Bertz CT molecular complexity index is 1470. The van der Waals surface area contributed by atoms with Gasteiger partial charge in [-0.1, -0.05) is 11.6 Å². The van der Waals surface area contributed by atoms with E-state index < -0.39 is 12.1 Å². The molecular weight excluding hydrogens is 523 g/mol. The quantitative estimate of drug-likeness (QED) is 0.519. The summed E-state index contributed by atoms with van der Waals surface area (Å²) in [4.78, 5) is 27.4. The molecule has 5 rings (SSSR count). The molecule has 4 heterocycles. The molecule has 1 aromatic carbocycles. The fraction of sp³-hybridized carbons (Fsp3) is 0.360. The zero-order valence-corrected chi connectivity index (χ0v) is 21.4. The minimum Gasteiger partial charge on any atom is -0.367 e. The number of piperazine rings is 1. The Labute approximate surface area is 221 Å². The summed E-state index contributed by atoms with van der Waals surface area (Å²) in [7, 11) is 1.44. The molecule has 2 aromatic heterocycles. The average molecular weight is 546 g/mol. The van der Waals surface area contributed by atoms with Gasteiger partial charge in [0.2, 0.25) is 0 Å². The Balaban J connectivity index is 1.50. The monoisotopic (exact) mass is 545 g/mol. The molecule has 3 aromatic rings. The zero-order chi connectivity index (χ0) is 27.4. The van der Waals surface area contributed by atoms with Crippen LogP contribution in [0.15, 0.2) is 30.5 Å². The lowest BCUT2D eigenvalue weighted by Gasteiger charge is -2.37. The van der Waals surface area contributed by atoms with Crippen LogP contribution >= 0.6 is 11.6 Å². The number of anilines is 2. The Morgan fingerprint density at radius 3 is 2.58 bits per heavy atom. The van der Waals surface area contributed by atoms with Gasteiger partial charge in [0.25, 0.3) is 0 Å². The summed E-state index contributed by atoms with van der Waals surface area (Å²) in [6.07, 6.45) is -3.43. The highest BCUT2D eigenvalue weighted by Crippen LogP contribution is 2.39. The summed E-state index contributed by atoms with van der Waals surface area (Å²) in [6, 6.07) is 9.39. The summed E-state index contributed by atoms with van der Waals surface area (Å²) in [5.74, 6) is -2.39. The van der Waals surface area contributed by atoms with E-state index in [1.807, 2.05) is 12.1 Å². The number of aromatic nitrogens is 2. The van der Waals surface area contributed by atoms with Crippen LogP contribution in [0.3, 0.4) is 0 Å². The van der Waals surface area contributed by atoms with E-state index in [4.69, 9.17) is 11.6 Å². The molecule has 0 aliphatic carbocycles. The van der Waals surface area contributed by atoms with Gasteiger partial charge in [0.15, 0.2) is 5.65 Å². The van der Waals surface area contributed by atoms with Crippen molar-refractivity contribution < 1.29 is 22.8 Å². The van der Waals surface area contributed by atoms with Gasteiger partial charge in [0.05, 0.1) is 28.2 Å². The topological polar surface area (TPSA) is 97.6 Å². The van der Waals surface area contributed by atoms with Crippen LogP contribution in [-0.2, 0) is 16.2 Å². The maximum Gasteiger partial charge on any atom is 0.493 e. The lowest BCUT2D eigenvalue weighted by atomic mass is 10.0. The van der Waals surface area contributed by atoms with Gasteiger partial charge in [-0.05, 0) is 43.7 Å². The van der Waals surface area contributed by atoms with Crippen molar-refractivity contribution in [1.29, 1.82) is 5.26 Å².